The second-order valence-corrected chi connectivity index (χ2v) is 5.16. The van der Waals surface area contributed by atoms with Crippen molar-refractivity contribution in [1.82, 2.24) is 20.3 Å². The van der Waals surface area contributed by atoms with Gasteiger partial charge >= 0.3 is 0 Å². The Kier molecular flexibility index (Phi) is 5.16. The molecule has 2 heterocycles. The zero-order chi connectivity index (χ0) is 17.5. The van der Waals surface area contributed by atoms with Gasteiger partial charge < -0.3 is 15.4 Å². The zero-order valence-corrected chi connectivity index (χ0v) is 13.6. The third-order valence-corrected chi connectivity index (χ3v) is 3.42. The van der Waals surface area contributed by atoms with Crippen LogP contribution in [-0.4, -0.2) is 28.0 Å². The molecule has 0 aliphatic heterocycles. The number of rotatable bonds is 6. The van der Waals surface area contributed by atoms with Crippen molar-refractivity contribution in [2.24, 2.45) is 0 Å². The Morgan fingerprint density at radius 1 is 1.12 bits per heavy atom. The number of ether oxygens (including phenoxy) is 1. The topological polar surface area (TPSA) is 89.0 Å². The molecular formula is C18H17N5O2. The minimum Gasteiger partial charge on any atom is -0.497 e. The summed E-state index contributed by atoms with van der Waals surface area (Å²) in [6.07, 6.45) is 4.90. The van der Waals surface area contributed by atoms with E-state index in [4.69, 9.17) is 4.74 Å². The van der Waals surface area contributed by atoms with Gasteiger partial charge in [-0.2, -0.15) is 0 Å². The molecule has 7 nitrogen and oxygen atoms in total. The van der Waals surface area contributed by atoms with Gasteiger partial charge in [0.25, 0.3) is 5.91 Å². The number of pyridine rings is 1. The molecule has 0 saturated carbocycles. The number of nitrogens with one attached hydrogen (secondary N) is 2. The molecule has 0 radical (unpaired) electrons. The fourth-order valence-corrected chi connectivity index (χ4v) is 2.15. The molecule has 3 aromatic rings. The Bertz CT molecular complexity index is 855. The van der Waals surface area contributed by atoms with Crippen molar-refractivity contribution in [2.75, 3.05) is 12.4 Å². The molecule has 0 unspecified atom stereocenters. The average molecular weight is 335 g/mol. The molecule has 2 N–H and O–H groups in total. The van der Waals surface area contributed by atoms with Gasteiger partial charge in [0.15, 0.2) is 0 Å². The molecule has 0 aliphatic rings. The van der Waals surface area contributed by atoms with Crippen LogP contribution < -0.4 is 15.4 Å². The summed E-state index contributed by atoms with van der Waals surface area (Å²) in [5.74, 6) is 0.786. The largest absolute Gasteiger partial charge is 0.497 e. The molecule has 25 heavy (non-hydrogen) atoms. The van der Waals surface area contributed by atoms with Crippen LogP contribution in [0.1, 0.15) is 16.1 Å². The minimum absolute atomic E-state index is 0.270. The molecule has 0 saturated heterocycles. The number of methoxy groups -OCH3 is 1. The number of hydrogen-bond donors (Lipinski definition) is 2. The summed E-state index contributed by atoms with van der Waals surface area (Å²) in [5, 5.41) is 5.88. The number of amides is 1. The van der Waals surface area contributed by atoms with Crippen LogP contribution in [0, 0.1) is 0 Å². The Balaban J connectivity index is 1.67. The monoisotopic (exact) mass is 335 g/mol. The van der Waals surface area contributed by atoms with E-state index in [0.717, 1.165) is 17.0 Å². The molecule has 0 fully saturated rings. The van der Waals surface area contributed by atoms with Crippen LogP contribution in [-0.2, 0) is 6.54 Å². The zero-order valence-electron chi connectivity index (χ0n) is 13.6. The molecule has 0 bridgehead atoms. The lowest BCUT2D eigenvalue weighted by Gasteiger charge is -2.08. The van der Waals surface area contributed by atoms with E-state index in [-0.39, 0.29) is 11.6 Å². The van der Waals surface area contributed by atoms with Crippen LogP contribution in [0.5, 0.6) is 5.75 Å². The molecule has 7 heteroatoms. The standard InChI is InChI=1S/C18H17N5O2/c1-25-15-4-2-3-14(11-15)22-18-20-10-7-16(23-18)17(24)21-12-13-5-8-19-9-6-13/h2-11H,12H2,1H3,(H,21,24)(H,20,22,23). The predicted octanol–water partition coefficient (Wildman–Crippen LogP) is 2.55. The molecule has 0 aliphatic carbocycles. The average Bonchev–Trinajstić information content (AvgIpc) is 2.67. The Hall–Kier alpha value is -3.48. The Morgan fingerprint density at radius 2 is 1.96 bits per heavy atom. The van der Waals surface area contributed by atoms with E-state index in [9.17, 15) is 4.79 Å². The molecule has 0 atom stereocenters. The van der Waals surface area contributed by atoms with Gasteiger partial charge in [0, 0.05) is 36.9 Å². The predicted molar refractivity (Wildman–Crippen MR) is 93.7 cm³/mol. The highest BCUT2D eigenvalue weighted by atomic mass is 16.5. The van der Waals surface area contributed by atoms with E-state index in [1.807, 2.05) is 36.4 Å². The third kappa shape index (κ3) is 4.51. The summed E-state index contributed by atoms with van der Waals surface area (Å²) in [4.78, 5) is 24.6. The maximum absolute atomic E-state index is 12.3. The SMILES string of the molecule is COc1cccc(Nc2nccc(C(=O)NCc3ccncc3)n2)c1. The lowest BCUT2D eigenvalue weighted by molar-refractivity contribution is 0.0946. The summed E-state index contributed by atoms with van der Waals surface area (Å²) in [6, 6.07) is 12.6. The van der Waals surface area contributed by atoms with Gasteiger partial charge in [-0.05, 0) is 35.9 Å². The van der Waals surface area contributed by atoms with Crippen LogP contribution in [0.4, 0.5) is 11.6 Å². The second kappa shape index (κ2) is 7.87. The fourth-order valence-electron chi connectivity index (χ4n) is 2.15. The van der Waals surface area contributed by atoms with Crippen LogP contribution in [0.25, 0.3) is 0 Å². The Morgan fingerprint density at radius 3 is 2.76 bits per heavy atom. The number of aromatic nitrogens is 3. The Labute approximate surface area is 145 Å². The van der Waals surface area contributed by atoms with Crippen molar-refractivity contribution < 1.29 is 9.53 Å². The van der Waals surface area contributed by atoms with Gasteiger partial charge in [-0.3, -0.25) is 9.78 Å². The first-order valence-corrected chi connectivity index (χ1v) is 7.66. The summed E-state index contributed by atoms with van der Waals surface area (Å²) in [7, 11) is 1.60. The van der Waals surface area contributed by atoms with Gasteiger partial charge in [0.1, 0.15) is 11.4 Å². The molecule has 126 valence electrons. The second-order valence-electron chi connectivity index (χ2n) is 5.16. The summed E-state index contributed by atoms with van der Waals surface area (Å²) >= 11 is 0. The summed E-state index contributed by atoms with van der Waals surface area (Å²) in [5.41, 5.74) is 2.02. The third-order valence-electron chi connectivity index (χ3n) is 3.42. The van der Waals surface area contributed by atoms with E-state index >= 15 is 0 Å². The van der Waals surface area contributed by atoms with Crippen molar-refractivity contribution >= 4 is 17.5 Å². The number of hydrogen-bond acceptors (Lipinski definition) is 6. The van der Waals surface area contributed by atoms with Crippen LogP contribution in [0.15, 0.2) is 61.1 Å². The normalized spacial score (nSPS) is 10.1. The van der Waals surface area contributed by atoms with Crippen LogP contribution in [0.3, 0.4) is 0 Å². The van der Waals surface area contributed by atoms with E-state index < -0.39 is 0 Å². The minimum atomic E-state index is -0.270. The van der Waals surface area contributed by atoms with Gasteiger partial charge in [0.2, 0.25) is 5.95 Å². The molecule has 0 spiro atoms. The van der Waals surface area contributed by atoms with Crippen molar-refractivity contribution in [3.05, 3.63) is 72.3 Å². The smallest absolute Gasteiger partial charge is 0.270 e. The number of anilines is 2. The van der Waals surface area contributed by atoms with Gasteiger partial charge in [-0.25, -0.2) is 9.97 Å². The van der Waals surface area contributed by atoms with E-state index in [1.54, 1.807) is 25.6 Å². The molecule has 2 aromatic heterocycles. The number of nitrogens with zero attached hydrogens (tertiary/aromatic N) is 3. The maximum Gasteiger partial charge on any atom is 0.270 e. The number of carbonyl (C=O) groups excluding carboxylic acids is 1. The summed E-state index contributed by atoms with van der Waals surface area (Å²) < 4.78 is 5.18. The quantitative estimate of drug-likeness (QED) is 0.720. The summed E-state index contributed by atoms with van der Waals surface area (Å²) in [6.45, 7) is 0.407. The molecule has 3 rings (SSSR count). The van der Waals surface area contributed by atoms with Crippen LogP contribution >= 0.6 is 0 Å². The van der Waals surface area contributed by atoms with E-state index in [2.05, 4.69) is 25.6 Å². The first-order valence-electron chi connectivity index (χ1n) is 7.66. The van der Waals surface area contributed by atoms with Crippen molar-refractivity contribution in [3.63, 3.8) is 0 Å². The highest BCUT2D eigenvalue weighted by Crippen LogP contribution is 2.19. The van der Waals surface area contributed by atoms with Crippen molar-refractivity contribution in [1.29, 1.82) is 0 Å². The van der Waals surface area contributed by atoms with Gasteiger partial charge in [0.05, 0.1) is 7.11 Å². The van der Waals surface area contributed by atoms with Gasteiger partial charge in [-0.1, -0.05) is 6.07 Å². The number of benzene rings is 1. The van der Waals surface area contributed by atoms with Gasteiger partial charge in [-0.15, -0.1) is 0 Å². The number of carbonyl (C=O) groups is 1. The lowest BCUT2D eigenvalue weighted by Crippen LogP contribution is -2.24. The first-order chi connectivity index (χ1) is 12.2. The first kappa shape index (κ1) is 16.4. The van der Waals surface area contributed by atoms with Crippen molar-refractivity contribution in [3.8, 4) is 5.75 Å². The molecule has 1 aromatic carbocycles. The van der Waals surface area contributed by atoms with E-state index in [0.29, 0.717) is 12.5 Å². The molecule has 1 amide bonds. The lowest BCUT2D eigenvalue weighted by atomic mass is 10.2. The maximum atomic E-state index is 12.3. The van der Waals surface area contributed by atoms with Crippen LogP contribution in [0.2, 0.25) is 0 Å². The highest BCUT2D eigenvalue weighted by Gasteiger charge is 2.09. The van der Waals surface area contributed by atoms with E-state index in [1.165, 1.54) is 6.20 Å². The fraction of sp³-hybridized carbons (Fsp3) is 0.111. The van der Waals surface area contributed by atoms with Crippen molar-refractivity contribution in [2.45, 2.75) is 6.54 Å². The highest BCUT2D eigenvalue weighted by molar-refractivity contribution is 5.92. The molecular weight excluding hydrogens is 318 g/mol.